The molecule has 1 N–H and O–H groups in total. The maximum absolute atomic E-state index is 12.7. The molecule has 0 fully saturated rings. The molecule has 0 aliphatic heterocycles. The molecule has 2 atom stereocenters. The molecule has 27 heavy (non-hydrogen) atoms. The van der Waals surface area contributed by atoms with Gasteiger partial charge in [-0.05, 0) is 49.2 Å². The number of aromatic nitrogens is 2. The highest BCUT2D eigenvalue weighted by Crippen LogP contribution is 2.26. The van der Waals surface area contributed by atoms with E-state index in [1.54, 1.807) is 12.1 Å². The van der Waals surface area contributed by atoms with E-state index in [-0.39, 0.29) is 17.9 Å². The van der Waals surface area contributed by atoms with Crippen LogP contribution in [-0.4, -0.2) is 16.0 Å². The van der Waals surface area contributed by atoms with Gasteiger partial charge in [-0.1, -0.05) is 54.7 Å². The number of nitrogens with one attached hydrogen (secondary N) is 1. The molecule has 2 unspecified atom stereocenters. The van der Waals surface area contributed by atoms with Crippen LogP contribution in [0, 0.1) is 12.8 Å². The summed E-state index contributed by atoms with van der Waals surface area (Å²) in [6.07, 6.45) is 0.859. The highest BCUT2D eigenvalue weighted by Gasteiger charge is 2.26. The summed E-state index contributed by atoms with van der Waals surface area (Å²) >= 11 is 5.93. The fraction of sp³-hybridized carbons (Fsp3) is 0.286. The number of aryl methyl sites for hydroxylation is 1. The van der Waals surface area contributed by atoms with Crippen molar-refractivity contribution in [2.24, 2.45) is 5.92 Å². The van der Waals surface area contributed by atoms with Crippen LogP contribution < -0.4 is 5.32 Å². The maximum Gasteiger partial charge on any atom is 0.251 e. The molecule has 0 bridgehead atoms. The third-order valence-electron chi connectivity index (χ3n) is 4.62. The van der Waals surface area contributed by atoms with Crippen molar-refractivity contribution in [3.8, 4) is 11.4 Å². The quantitative estimate of drug-likeness (QED) is 0.633. The Bertz CT molecular complexity index is 904. The monoisotopic (exact) mass is 383 g/mol. The van der Waals surface area contributed by atoms with Gasteiger partial charge in [-0.3, -0.25) is 4.79 Å². The van der Waals surface area contributed by atoms with E-state index in [2.05, 4.69) is 22.4 Å². The van der Waals surface area contributed by atoms with Gasteiger partial charge in [0.2, 0.25) is 11.7 Å². The molecule has 6 heteroatoms. The van der Waals surface area contributed by atoms with E-state index in [1.165, 1.54) is 0 Å². The number of carbonyl (C=O) groups excluding carboxylic acids is 1. The first-order chi connectivity index (χ1) is 13.0. The van der Waals surface area contributed by atoms with E-state index >= 15 is 0 Å². The Labute approximate surface area is 163 Å². The lowest BCUT2D eigenvalue weighted by Gasteiger charge is -2.20. The van der Waals surface area contributed by atoms with Crippen LogP contribution in [0.15, 0.2) is 53.1 Å². The minimum Gasteiger partial charge on any atom is -0.340 e. The first kappa shape index (κ1) is 19.1. The summed E-state index contributed by atoms with van der Waals surface area (Å²) in [5.74, 6) is 0.846. The molecule has 3 rings (SSSR count). The zero-order chi connectivity index (χ0) is 19.4. The second-order valence-corrected chi connectivity index (χ2v) is 7.10. The zero-order valence-corrected chi connectivity index (χ0v) is 16.3. The van der Waals surface area contributed by atoms with Crippen molar-refractivity contribution in [1.29, 1.82) is 0 Å². The Balaban J connectivity index is 1.83. The molecule has 140 valence electrons. The van der Waals surface area contributed by atoms with Crippen LogP contribution in [0.5, 0.6) is 0 Å². The third kappa shape index (κ3) is 4.55. The van der Waals surface area contributed by atoms with E-state index in [1.807, 2.05) is 50.2 Å². The predicted octanol–water partition coefficient (Wildman–Crippen LogP) is 5.22. The number of halogens is 1. The topological polar surface area (TPSA) is 68.0 Å². The molecule has 0 radical (unpaired) electrons. The zero-order valence-electron chi connectivity index (χ0n) is 15.6. The second kappa shape index (κ2) is 8.35. The summed E-state index contributed by atoms with van der Waals surface area (Å²) in [6, 6.07) is 14.3. The van der Waals surface area contributed by atoms with Gasteiger partial charge in [-0.25, -0.2) is 0 Å². The molecule has 0 saturated heterocycles. The predicted molar refractivity (Wildman–Crippen MR) is 106 cm³/mol. The molecule has 0 spiro atoms. The van der Waals surface area contributed by atoms with Gasteiger partial charge in [-0.15, -0.1) is 0 Å². The van der Waals surface area contributed by atoms with Crippen molar-refractivity contribution in [2.45, 2.75) is 33.2 Å². The van der Waals surface area contributed by atoms with Gasteiger partial charge in [0.05, 0.1) is 0 Å². The second-order valence-electron chi connectivity index (χ2n) is 6.67. The average Bonchev–Trinajstić information content (AvgIpc) is 3.16. The summed E-state index contributed by atoms with van der Waals surface area (Å²) in [5, 5.41) is 7.75. The molecule has 5 nitrogen and oxygen atoms in total. The fourth-order valence-corrected chi connectivity index (χ4v) is 2.82. The molecule has 1 amide bonds. The number of hydrogen-bond donors (Lipinski definition) is 1. The van der Waals surface area contributed by atoms with Crippen molar-refractivity contribution in [1.82, 2.24) is 15.5 Å². The van der Waals surface area contributed by atoms with Crippen LogP contribution in [0.4, 0.5) is 0 Å². The van der Waals surface area contributed by atoms with Crippen molar-refractivity contribution in [2.75, 3.05) is 0 Å². The Kier molecular flexibility index (Phi) is 5.91. The number of carbonyl (C=O) groups is 1. The number of rotatable bonds is 6. The molecule has 3 aromatic rings. The minimum absolute atomic E-state index is 0.137. The lowest BCUT2D eigenvalue weighted by atomic mass is 9.98. The SMILES string of the molecule is CCC(C)C(NC(=O)c1ccc(C)cc1)c1nc(-c2ccc(Cl)cc2)no1. The van der Waals surface area contributed by atoms with Crippen molar-refractivity contribution in [3.63, 3.8) is 0 Å². The lowest BCUT2D eigenvalue weighted by Crippen LogP contribution is -2.32. The number of hydrogen-bond acceptors (Lipinski definition) is 4. The summed E-state index contributed by atoms with van der Waals surface area (Å²) in [6.45, 7) is 6.10. The Hall–Kier alpha value is -2.66. The van der Waals surface area contributed by atoms with Crippen LogP contribution in [0.3, 0.4) is 0 Å². The molecule has 1 heterocycles. The molecule has 0 saturated carbocycles. The third-order valence-corrected chi connectivity index (χ3v) is 4.88. The van der Waals surface area contributed by atoms with Gasteiger partial charge in [0.1, 0.15) is 6.04 Å². The first-order valence-electron chi connectivity index (χ1n) is 8.95. The molecule has 0 aliphatic carbocycles. The van der Waals surface area contributed by atoms with Crippen molar-refractivity contribution in [3.05, 3.63) is 70.6 Å². The van der Waals surface area contributed by atoms with E-state index in [0.29, 0.717) is 22.3 Å². The maximum atomic E-state index is 12.7. The van der Waals surface area contributed by atoms with E-state index in [0.717, 1.165) is 17.5 Å². The van der Waals surface area contributed by atoms with Gasteiger partial charge in [-0.2, -0.15) is 4.98 Å². The first-order valence-corrected chi connectivity index (χ1v) is 9.32. The summed E-state index contributed by atoms with van der Waals surface area (Å²) in [5.41, 5.74) is 2.52. The Morgan fingerprint density at radius 1 is 1.15 bits per heavy atom. The number of nitrogens with zero attached hydrogens (tertiary/aromatic N) is 2. The van der Waals surface area contributed by atoms with Crippen LogP contribution >= 0.6 is 11.6 Å². The van der Waals surface area contributed by atoms with Gasteiger partial charge in [0.25, 0.3) is 5.91 Å². The van der Waals surface area contributed by atoms with E-state index in [4.69, 9.17) is 16.1 Å². The van der Waals surface area contributed by atoms with Gasteiger partial charge in [0.15, 0.2) is 0 Å². The average molecular weight is 384 g/mol. The van der Waals surface area contributed by atoms with E-state index in [9.17, 15) is 4.79 Å². The molecule has 0 aliphatic rings. The van der Waals surface area contributed by atoms with Gasteiger partial charge < -0.3 is 9.84 Å². The molecule has 1 aromatic heterocycles. The van der Waals surface area contributed by atoms with E-state index < -0.39 is 0 Å². The van der Waals surface area contributed by atoms with Crippen LogP contribution in [-0.2, 0) is 0 Å². The Morgan fingerprint density at radius 3 is 2.44 bits per heavy atom. The highest BCUT2D eigenvalue weighted by atomic mass is 35.5. The summed E-state index contributed by atoms with van der Waals surface area (Å²) in [7, 11) is 0. The van der Waals surface area contributed by atoms with Crippen LogP contribution in [0.2, 0.25) is 5.02 Å². The van der Waals surface area contributed by atoms with Crippen LogP contribution in [0.1, 0.15) is 48.1 Å². The normalized spacial score (nSPS) is 13.2. The fourth-order valence-electron chi connectivity index (χ4n) is 2.69. The smallest absolute Gasteiger partial charge is 0.251 e. The van der Waals surface area contributed by atoms with Crippen molar-refractivity contribution < 1.29 is 9.32 Å². The molecular weight excluding hydrogens is 362 g/mol. The van der Waals surface area contributed by atoms with Gasteiger partial charge >= 0.3 is 0 Å². The molecule has 2 aromatic carbocycles. The van der Waals surface area contributed by atoms with Crippen molar-refractivity contribution >= 4 is 17.5 Å². The molecular formula is C21H22ClN3O2. The van der Waals surface area contributed by atoms with Crippen LogP contribution in [0.25, 0.3) is 11.4 Å². The standard InChI is InChI=1S/C21H22ClN3O2/c1-4-14(3)18(23-20(26)16-7-5-13(2)6-8-16)21-24-19(25-27-21)15-9-11-17(22)12-10-15/h5-12,14,18H,4H2,1-3H3,(H,23,26). The lowest BCUT2D eigenvalue weighted by molar-refractivity contribution is 0.0910. The number of amides is 1. The number of benzene rings is 2. The highest BCUT2D eigenvalue weighted by molar-refractivity contribution is 6.30. The minimum atomic E-state index is -0.364. The summed E-state index contributed by atoms with van der Waals surface area (Å²) in [4.78, 5) is 17.2. The van der Waals surface area contributed by atoms with Gasteiger partial charge in [0, 0.05) is 16.1 Å². The largest absolute Gasteiger partial charge is 0.340 e. The Morgan fingerprint density at radius 2 is 1.81 bits per heavy atom. The summed E-state index contributed by atoms with van der Waals surface area (Å²) < 4.78 is 5.48.